The van der Waals surface area contributed by atoms with Gasteiger partial charge in [0, 0.05) is 19.0 Å². The third kappa shape index (κ3) is 7.65. The highest BCUT2D eigenvalue weighted by Crippen LogP contribution is 2.31. The summed E-state index contributed by atoms with van der Waals surface area (Å²) < 4.78 is 43.1. The Morgan fingerprint density at radius 3 is 2.29 bits per heavy atom. The molecule has 3 aromatic carbocycles. The van der Waals surface area contributed by atoms with Crippen LogP contribution < -0.4 is 15.4 Å². The molecule has 2 aliphatic carbocycles. The number of hydrogen-bond donors (Lipinski definition) is 3. The number of sulfonamides is 1. The molecule has 3 N–H and O–H groups in total. The van der Waals surface area contributed by atoms with E-state index < -0.39 is 21.9 Å². The van der Waals surface area contributed by atoms with Crippen LogP contribution >= 0.6 is 0 Å². The molecule has 1 amide bonds. The van der Waals surface area contributed by atoms with E-state index in [4.69, 9.17) is 0 Å². The second-order valence-corrected chi connectivity index (χ2v) is 13.8. The van der Waals surface area contributed by atoms with Crippen LogP contribution in [0.4, 0.5) is 4.39 Å². The highest BCUT2D eigenvalue weighted by Gasteiger charge is 2.27. The van der Waals surface area contributed by atoms with E-state index in [0.29, 0.717) is 11.6 Å². The molecule has 0 aromatic heterocycles. The third-order valence-electron chi connectivity index (χ3n) is 8.62. The standard InChI is InChI=1S/C34H42FN3O3S/c1-23(2)25-13-17-30(18-14-25)42(40,41)38-33(26-11-15-28(35)16-12-26)21-34(39)37-32-9-5-6-27-20-24(10-19-31(27)32)22-36-29-7-3-4-8-29/h10-20,23,29,32-33,36,38H,3-9,21-22H2,1-2H3,(H,37,39)/t32-,33-/m1/s1. The van der Waals surface area contributed by atoms with Gasteiger partial charge in [-0.2, -0.15) is 0 Å². The Hall–Kier alpha value is -3.07. The maximum absolute atomic E-state index is 13.7. The number of amides is 1. The maximum Gasteiger partial charge on any atom is 0.241 e. The van der Waals surface area contributed by atoms with E-state index in [0.717, 1.165) is 36.9 Å². The second-order valence-electron chi connectivity index (χ2n) is 12.1. The van der Waals surface area contributed by atoms with Gasteiger partial charge in [-0.05, 0) is 90.1 Å². The quantitative estimate of drug-likeness (QED) is 0.235. The highest BCUT2D eigenvalue weighted by atomic mass is 32.2. The molecule has 8 heteroatoms. The van der Waals surface area contributed by atoms with E-state index in [1.54, 1.807) is 24.3 Å². The number of aryl methyl sites for hydroxylation is 1. The number of hydrogen-bond acceptors (Lipinski definition) is 4. The van der Waals surface area contributed by atoms with Crippen molar-refractivity contribution < 1.29 is 17.6 Å². The van der Waals surface area contributed by atoms with Gasteiger partial charge in [-0.1, -0.05) is 69.2 Å². The van der Waals surface area contributed by atoms with Crippen molar-refractivity contribution in [3.63, 3.8) is 0 Å². The van der Waals surface area contributed by atoms with Gasteiger partial charge in [0.25, 0.3) is 0 Å². The first-order chi connectivity index (χ1) is 20.2. The molecule has 5 rings (SSSR count). The first-order valence-electron chi connectivity index (χ1n) is 15.2. The van der Waals surface area contributed by atoms with Crippen molar-refractivity contribution in [2.24, 2.45) is 0 Å². The lowest BCUT2D eigenvalue weighted by atomic mass is 9.86. The molecule has 0 heterocycles. The Balaban J connectivity index is 1.28. The first kappa shape index (κ1) is 30.4. The first-order valence-corrected chi connectivity index (χ1v) is 16.7. The van der Waals surface area contributed by atoms with Crippen LogP contribution in [0.3, 0.4) is 0 Å². The lowest BCUT2D eigenvalue weighted by molar-refractivity contribution is -0.122. The van der Waals surface area contributed by atoms with E-state index in [2.05, 4.69) is 33.6 Å². The highest BCUT2D eigenvalue weighted by molar-refractivity contribution is 7.89. The molecule has 42 heavy (non-hydrogen) atoms. The Morgan fingerprint density at radius 1 is 0.905 bits per heavy atom. The normalized spacial score (nSPS) is 18.1. The Labute approximate surface area is 249 Å². The molecule has 224 valence electrons. The van der Waals surface area contributed by atoms with Crippen LogP contribution in [0.2, 0.25) is 0 Å². The fourth-order valence-corrected chi connectivity index (χ4v) is 7.39. The van der Waals surface area contributed by atoms with Crippen molar-refractivity contribution in [3.8, 4) is 0 Å². The van der Waals surface area contributed by atoms with Gasteiger partial charge in [-0.3, -0.25) is 4.79 Å². The number of benzene rings is 3. The minimum Gasteiger partial charge on any atom is -0.349 e. The van der Waals surface area contributed by atoms with Gasteiger partial charge in [0.2, 0.25) is 15.9 Å². The van der Waals surface area contributed by atoms with Crippen LogP contribution in [0.1, 0.15) is 105 Å². The SMILES string of the molecule is CC(C)c1ccc(S(=O)(=O)N[C@H](CC(=O)N[C@@H]2CCCc3cc(CNC4CCCC4)ccc32)c2ccc(F)cc2)cc1. The van der Waals surface area contributed by atoms with Crippen molar-refractivity contribution in [2.45, 2.75) is 101 Å². The molecule has 2 aliphatic rings. The molecule has 1 saturated carbocycles. The Kier molecular flexibility index (Phi) is 9.76. The molecule has 0 spiro atoms. The molecule has 1 fully saturated rings. The Morgan fingerprint density at radius 2 is 1.60 bits per heavy atom. The van der Waals surface area contributed by atoms with Gasteiger partial charge in [0.05, 0.1) is 17.0 Å². The molecule has 0 radical (unpaired) electrons. The van der Waals surface area contributed by atoms with Gasteiger partial charge >= 0.3 is 0 Å². The molecule has 3 aromatic rings. The second kappa shape index (κ2) is 13.5. The summed E-state index contributed by atoms with van der Waals surface area (Å²) in [5, 5.41) is 6.84. The van der Waals surface area contributed by atoms with Crippen LogP contribution in [-0.2, 0) is 27.8 Å². The van der Waals surface area contributed by atoms with Gasteiger partial charge in [0.15, 0.2) is 0 Å². The van der Waals surface area contributed by atoms with Gasteiger partial charge in [-0.25, -0.2) is 17.5 Å². The molecule has 0 saturated heterocycles. The zero-order valence-corrected chi connectivity index (χ0v) is 25.4. The number of rotatable bonds is 11. The van der Waals surface area contributed by atoms with Crippen molar-refractivity contribution in [3.05, 3.63) is 100 Å². The number of carbonyl (C=O) groups excluding carboxylic acids is 1. The van der Waals surface area contributed by atoms with Crippen LogP contribution in [0.5, 0.6) is 0 Å². The minimum absolute atomic E-state index is 0.107. The molecule has 0 aliphatic heterocycles. The monoisotopic (exact) mass is 591 g/mol. The van der Waals surface area contributed by atoms with E-state index in [-0.39, 0.29) is 29.2 Å². The van der Waals surface area contributed by atoms with Crippen LogP contribution in [0, 0.1) is 5.82 Å². The summed E-state index contributed by atoms with van der Waals surface area (Å²) in [6.07, 6.45) is 7.77. The van der Waals surface area contributed by atoms with E-state index in [1.165, 1.54) is 61.1 Å². The average Bonchev–Trinajstić information content (AvgIpc) is 3.50. The zero-order chi connectivity index (χ0) is 29.7. The van der Waals surface area contributed by atoms with Crippen molar-refractivity contribution in [1.82, 2.24) is 15.4 Å². The summed E-state index contributed by atoms with van der Waals surface area (Å²) >= 11 is 0. The summed E-state index contributed by atoms with van der Waals surface area (Å²) in [4.78, 5) is 13.5. The van der Waals surface area contributed by atoms with Crippen molar-refractivity contribution in [2.75, 3.05) is 0 Å². The molecular formula is C34H42FN3O3S. The molecule has 6 nitrogen and oxygen atoms in total. The number of carbonyl (C=O) groups is 1. The van der Waals surface area contributed by atoms with Gasteiger partial charge in [0.1, 0.15) is 5.82 Å². The summed E-state index contributed by atoms with van der Waals surface area (Å²) in [6.45, 7) is 4.95. The number of fused-ring (bicyclic) bond motifs is 1. The number of halogens is 1. The smallest absolute Gasteiger partial charge is 0.241 e. The summed E-state index contributed by atoms with van der Waals surface area (Å²) in [7, 11) is -3.93. The van der Waals surface area contributed by atoms with Crippen LogP contribution in [-0.4, -0.2) is 20.4 Å². The lowest BCUT2D eigenvalue weighted by Gasteiger charge is -2.28. The predicted molar refractivity (Wildman–Crippen MR) is 164 cm³/mol. The van der Waals surface area contributed by atoms with Crippen LogP contribution in [0.15, 0.2) is 71.6 Å². The molecule has 2 atom stereocenters. The van der Waals surface area contributed by atoms with Crippen LogP contribution in [0.25, 0.3) is 0 Å². The molecular weight excluding hydrogens is 549 g/mol. The van der Waals surface area contributed by atoms with E-state index in [1.807, 2.05) is 13.8 Å². The Bertz CT molecular complexity index is 1470. The maximum atomic E-state index is 13.7. The summed E-state index contributed by atoms with van der Waals surface area (Å²) in [5.41, 5.74) is 5.21. The van der Waals surface area contributed by atoms with E-state index >= 15 is 0 Å². The lowest BCUT2D eigenvalue weighted by Crippen LogP contribution is -2.36. The average molecular weight is 592 g/mol. The topological polar surface area (TPSA) is 87.3 Å². The van der Waals surface area contributed by atoms with Gasteiger partial charge in [-0.15, -0.1) is 0 Å². The van der Waals surface area contributed by atoms with Crippen molar-refractivity contribution >= 4 is 15.9 Å². The summed E-state index contributed by atoms with van der Waals surface area (Å²) in [5.74, 6) is -0.409. The largest absolute Gasteiger partial charge is 0.349 e. The molecule has 0 bridgehead atoms. The number of nitrogens with one attached hydrogen (secondary N) is 3. The summed E-state index contributed by atoms with van der Waals surface area (Å²) in [6, 6.07) is 18.5. The zero-order valence-electron chi connectivity index (χ0n) is 24.5. The fraction of sp³-hybridized carbons (Fsp3) is 0.441. The minimum atomic E-state index is -3.93. The van der Waals surface area contributed by atoms with Gasteiger partial charge < -0.3 is 10.6 Å². The predicted octanol–water partition coefficient (Wildman–Crippen LogP) is 6.58. The molecule has 0 unspecified atom stereocenters. The van der Waals surface area contributed by atoms with E-state index in [9.17, 15) is 17.6 Å². The van der Waals surface area contributed by atoms with Crippen molar-refractivity contribution in [1.29, 1.82) is 0 Å². The fourth-order valence-electron chi connectivity index (χ4n) is 6.17. The third-order valence-corrected chi connectivity index (χ3v) is 10.1.